The number of hydrogen-bond acceptors (Lipinski definition) is 5. The summed E-state index contributed by atoms with van der Waals surface area (Å²) in [4.78, 5) is 29.2. The predicted octanol–water partition coefficient (Wildman–Crippen LogP) is 2.49. The Balaban J connectivity index is 1.51. The third-order valence-corrected chi connectivity index (χ3v) is 5.23. The maximum atomic E-state index is 12.9. The highest BCUT2D eigenvalue weighted by atomic mass is 16.5. The molecular formula is C20H22N2O4. The minimum Gasteiger partial charge on any atom is -0.465 e. The van der Waals surface area contributed by atoms with E-state index in [0.717, 1.165) is 12.8 Å². The quantitative estimate of drug-likeness (QED) is 0.912. The third kappa shape index (κ3) is 3.17. The molecule has 6 nitrogen and oxygen atoms in total. The number of nitrogens with one attached hydrogen (secondary N) is 1. The summed E-state index contributed by atoms with van der Waals surface area (Å²) in [6, 6.07) is 3.87. The Morgan fingerprint density at radius 2 is 2.08 bits per heavy atom. The molecule has 2 aliphatic rings. The number of hydrogen-bond donors (Lipinski definition) is 1. The number of amides is 1. The van der Waals surface area contributed by atoms with E-state index < -0.39 is 0 Å². The van der Waals surface area contributed by atoms with Crippen molar-refractivity contribution in [1.82, 2.24) is 10.3 Å². The Kier molecular flexibility index (Phi) is 4.59. The van der Waals surface area contributed by atoms with Crippen LogP contribution in [0.25, 0.3) is 0 Å². The number of carbonyl (C=O) groups excluding carboxylic acids is 2. The van der Waals surface area contributed by atoms with Gasteiger partial charge in [-0.3, -0.25) is 14.6 Å². The van der Waals surface area contributed by atoms with Crippen LogP contribution in [-0.4, -0.2) is 35.9 Å². The minimum absolute atomic E-state index is 0.00394. The van der Waals surface area contributed by atoms with E-state index in [1.54, 1.807) is 19.3 Å². The van der Waals surface area contributed by atoms with Crippen LogP contribution in [0.2, 0.25) is 0 Å². The summed E-state index contributed by atoms with van der Waals surface area (Å²) in [5.74, 6) is 1.13. The van der Waals surface area contributed by atoms with Crippen LogP contribution in [0.4, 0.5) is 0 Å². The van der Waals surface area contributed by atoms with Crippen molar-refractivity contribution in [3.8, 4) is 0 Å². The van der Waals surface area contributed by atoms with Gasteiger partial charge in [-0.15, -0.1) is 0 Å². The molecule has 6 heteroatoms. The summed E-state index contributed by atoms with van der Waals surface area (Å²) in [6.45, 7) is 2.84. The molecule has 0 unspecified atom stereocenters. The van der Waals surface area contributed by atoms with Crippen LogP contribution >= 0.6 is 0 Å². The number of carbonyl (C=O) groups is 2. The first-order chi connectivity index (χ1) is 12.6. The lowest BCUT2D eigenvalue weighted by molar-refractivity contribution is 0.0907. The minimum atomic E-state index is -0.238. The number of ether oxygens (including phenoxy) is 1. The van der Waals surface area contributed by atoms with Crippen molar-refractivity contribution >= 4 is 11.7 Å². The van der Waals surface area contributed by atoms with E-state index in [-0.39, 0.29) is 23.7 Å². The average molecular weight is 354 g/mol. The maximum absolute atomic E-state index is 12.9. The molecule has 1 fully saturated rings. The first-order valence-electron chi connectivity index (χ1n) is 9.06. The number of rotatable bonds is 4. The molecule has 1 N–H and O–H groups in total. The molecule has 0 spiro atoms. The highest BCUT2D eigenvalue weighted by Gasteiger charge is 2.34. The number of nitrogens with zero attached hydrogens (tertiary/aromatic N) is 1. The van der Waals surface area contributed by atoms with E-state index in [9.17, 15) is 9.59 Å². The van der Waals surface area contributed by atoms with E-state index in [2.05, 4.69) is 10.3 Å². The normalized spacial score (nSPS) is 22.3. The van der Waals surface area contributed by atoms with Crippen LogP contribution in [0.5, 0.6) is 0 Å². The van der Waals surface area contributed by atoms with Crippen molar-refractivity contribution < 1.29 is 18.7 Å². The van der Waals surface area contributed by atoms with Gasteiger partial charge in [0.15, 0.2) is 5.78 Å². The first kappa shape index (κ1) is 17.0. The summed E-state index contributed by atoms with van der Waals surface area (Å²) in [6.07, 6.45) is 6.33. The van der Waals surface area contributed by atoms with E-state index in [1.165, 1.54) is 5.56 Å². The van der Waals surface area contributed by atoms with E-state index in [4.69, 9.17) is 9.15 Å². The van der Waals surface area contributed by atoms with E-state index in [1.807, 2.05) is 12.1 Å². The fourth-order valence-electron chi connectivity index (χ4n) is 3.90. The van der Waals surface area contributed by atoms with Gasteiger partial charge < -0.3 is 14.5 Å². The zero-order valence-electron chi connectivity index (χ0n) is 14.8. The van der Waals surface area contributed by atoms with Crippen molar-refractivity contribution in [2.45, 2.75) is 38.6 Å². The summed E-state index contributed by atoms with van der Waals surface area (Å²) >= 11 is 0. The zero-order chi connectivity index (χ0) is 18.1. The second-order valence-corrected chi connectivity index (χ2v) is 7.05. The summed E-state index contributed by atoms with van der Waals surface area (Å²) < 4.78 is 11.3. The third-order valence-electron chi connectivity index (χ3n) is 5.23. The number of aromatic nitrogens is 1. The topological polar surface area (TPSA) is 81.4 Å². The van der Waals surface area contributed by atoms with E-state index in [0.29, 0.717) is 48.7 Å². The van der Waals surface area contributed by atoms with Crippen LogP contribution in [0.15, 0.2) is 28.9 Å². The van der Waals surface area contributed by atoms with Gasteiger partial charge in [-0.25, -0.2) is 0 Å². The largest absolute Gasteiger partial charge is 0.465 e. The fraction of sp³-hybridized carbons (Fsp3) is 0.450. The molecular weight excluding hydrogens is 332 g/mol. The number of aryl methyl sites for hydroxylation is 2. The molecule has 26 heavy (non-hydrogen) atoms. The Morgan fingerprint density at radius 3 is 2.88 bits per heavy atom. The van der Waals surface area contributed by atoms with E-state index >= 15 is 0 Å². The molecule has 2 atom stereocenters. The van der Waals surface area contributed by atoms with Gasteiger partial charge in [0.1, 0.15) is 11.5 Å². The molecule has 4 rings (SSSR count). The lowest BCUT2D eigenvalue weighted by Gasteiger charge is -2.19. The summed E-state index contributed by atoms with van der Waals surface area (Å²) in [5.41, 5.74) is 2.05. The number of Topliss-reactive ketones (excluding diaryl/α,β-unsaturated/α-hetero) is 1. The lowest BCUT2D eigenvalue weighted by atomic mass is 9.92. The molecule has 2 aromatic rings. The Morgan fingerprint density at radius 1 is 1.27 bits per heavy atom. The molecule has 0 saturated carbocycles. The number of ketones is 1. The second-order valence-electron chi connectivity index (χ2n) is 7.05. The molecule has 136 valence electrons. The number of pyridine rings is 1. The molecule has 1 saturated heterocycles. The highest BCUT2D eigenvalue weighted by molar-refractivity contribution is 6.10. The van der Waals surface area contributed by atoms with Gasteiger partial charge >= 0.3 is 0 Å². The zero-order valence-corrected chi connectivity index (χ0v) is 14.8. The maximum Gasteiger partial charge on any atom is 0.255 e. The van der Waals surface area contributed by atoms with Gasteiger partial charge in [0.25, 0.3) is 5.91 Å². The summed E-state index contributed by atoms with van der Waals surface area (Å²) in [5, 5.41) is 3.07. The van der Waals surface area contributed by atoms with Gasteiger partial charge in [-0.2, -0.15) is 0 Å². The smallest absolute Gasteiger partial charge is 0.255 e. The monoisotopic (exact) mass is 354 g/mol. The average Bonchev–Trinajstić information content (AvgIpc) is 3.20. The fourth-order valence-corrected chi connectivity index (χ4v) is 3.90. The predicted molar refractivity (Wildman–Crippen MR) is 94.2 cm³/mol. The molecule has 0 aromatic carbocycles. The van der Waals surface area contributed by atoms with Crippen molar-refractivity contribution in [1.29, 1.82) is 0 Å². The van der Waals surface area contributed by atoms with Gasteiger partial charge in [-0.1, -0.05) is 0 Å². The number of fused-ring (bicyclic) bond motifs is 1. The highest BCUT2D eigenvalue weighted by Crippen LogP contribution is 2.30. The van der Waals surface area contributed by atoms with Crippen LogP contribution in [0, 0.1) is 12.8 Å². The Labute approximate surface area is 151 Å². The van der Waals surface area contributed by atoms with Crippen LogP contribution < -0.4 is 5.32 Å². The van der Waals surface area contributed by atoms with Crippen LogP contribution in [-0.2, 0) is 17.6 Å². The Bertz CT molecular complexity index is 828. The second kappa shape index (κ2) is 7.03. The van der Waals surface area contributed by atoms with Crippen LogP contribution in [0.1, 0.15) is 50.6 Å². The SMILES string of the molecule is Cc1oc2c(c1C(=O)N[C@H]1COC[C@H]1Cc1ccncc1)C(=O)CCC2. The standard InChI is InChI=1S/C20H22N2O4/c1-12-18(19-16(23)3-2-4-17(19)26-12)20(24)22-15-11-25-10-14(15)9-13-5-7-21-8-6-13/h5-8,14-15H,2-4,9-11H2,1H3,(H,22,24)/t14-,15+/m1/s1. The van der Waals surface area contributed by atoms with Crippen LogP contribution in [0.3, 0.4) is 0 Å². The molecule has 0 radical (unpaired) electrons. The van der Waals surface area contributed by atoms with Crippen molar-refractivity contribution in [2.75, 3.05) is 13.2 Å². The molecule has 0 bridgehead atoms. The molecule has 2 aromatic heterocycles. The van der Waals surface area contributed by atoms with Gasteiger partial charge in [0.05, 0.1) is 30.4 Å². The van der Waals surface area contributed by atoms with Crippen molar-refractivity contribution in [3.63, 3.8) is 0 Å². The molecule has 3 heterocycles. The van der Waals surface area contributed by atoms with Crippen molar-refractivity contribution in [3.05, 3.63) is 52.7 Å². The van der Waals surface area contributed by atoms with Gasteiger partial charge in [0.2, 0.25) is 0 Å². The summed E-state index contributed by atoms with van der Waals surface area (Å²) in [7, 11) is 0. The van der Waals surface area contributed by atoms with Crippen molar-refractivity contribution in [2.24, 2.45) is 5.92 Å². The van der Waals surface area contributed by atoms with Gasteiger partial charge in [-0.05, 0) is 37.5 Å². The van der Waals surface area contributed by atoms with Gasteiger partial charge in [0, 0.05) is 31.2 Å². The first-order valence-corrected chi connectivity index (χ1v) is 9.06. The lowest BCUT2D eigenvalue weighted by Crippen LogP contribution is -2.41. The molecule has 1 amide bonds. The number of furan rings is 1. The molecule has 1 aliphatic carbocycles. The molecule has 1 aliphatic heterocycles. The Hall–Kier alpha value is -2.47.